The van der Waals surface area contributed by atoms with E-state index in [1.165, 1.54) is 0 Å². The van der Waals surface area contributed by atoms with E-state index in [1.54, 1.807) is 12.1 Å². The van der Waals surface area contributed by atoms with Crippen LogP contribution >= 0.6 is 15.9 Å². The molecule has 0 atom stereocenters. The molecule has 0 aliphatic carbocycles. The second-order valence-electron chi connectivity index (χ2n) is 6.77. The predicted molar refractivity (Wildman–Crippen MR) is 102 cm³/mol. The fraction of sp³-hybridized carbons (Fsp3) is 0.350. The molecule has 0 amide bonds. The van der Waals surface area contributed by atoms with Gasteiger partial charge in [0.25, 0.3) is 0 Å². The zero-order chi connectivity index (χ0) is 17.4. The number of nitrogens with zero attached hydrogens (tertiary/aromatic N) is 3. The molecule has 1 fully saturated rings. The standard InChI is InChI=1S/C20H21BrFN3/c1-24-18-8-4-6-16(21)20(18)23-19(24)13-25-11-9-14(10-12-25)15-5-2-3-7-17(15)22/h2-8,14H,9-13H2,1H3. The van der Waals surface area contributed by atoms with Gasteiger partial charge in [-0.05, 0) is 71.5 Å². The average molecular weight is 402 g/mol. The molecule has 1 aliphatic rings. The van der Waals surface area contributed by atoms with Crippen molar-refractivity contribution in [2.75, 3.05) is 13.1 Å². The van der Waals surface area contributed by atoms with E-state index in [4.69, 9.17) is 4.98 Å². The number of likely N-dealkylation sites (tertiary alicyclic amines) is 1. The summed E-state index contributed by atoms with van der Waals surface area (Å²) in [6, 6.07) is 13.4. The third kappa shape index (κ3) is 3.23. The lowest BCUT2D eigenvalue weighted by molar-refractivity contribution is 0.197. The summed E-state index contributed by atoms with van der Waals surface area (Å²) in [6.45, 7) is 2.79. The second kappa shape index (κ2) is 6.89. The number of aromatic nitrogens is 2. The van der Waals surface area contributed by atoms with Crippen LogP contribution in [0.3, 0.4) is 0 Å². The quantitative estimate of drug-likeness (QED) is 0.624. The fourth-order valence-electron chi connectivity index (χ4n) is 3.78. The Hall–Kier alpha value is -1.72. The highest BCUT2D eigenvalue weighted by atomic mass is 79.9. The normalized spacial score (nSPS) is 16.6. The van der Waals surface area contributed by atoms with E-state index in [0.717, 1.165) is 59.4 Å². The van der Waals surface area contributed by atoms with Crippen molar-refractivity contribution in [2.45, 2.75) is 25.3 Å². The number of benzene rings is 2. The number of halogens is 2. The van der Waals surface area contributed by atoms with Crippen molar-refractivity contribution in [2.24, 2.45) is 7.05 Å². The van der Waals surface area contributed by atoms with E-state index in [-0.39, 0.29) is 5.82 Å². The molecule has 0 unspecified atom stereocenters. The lowest BCUT2D eigenvalue weighted by atomic mass is 9.89. The van der Waals surface area contributed by atoms with Gasteiger partial charge < -0.3 is 4.57 Å². The van der Waals surface area contributed by atoms with Gasteiger partial charge >= 0.3 is 0 Å². The number of aryl methyl sites for hydroxylation is 1. The molecule has 0 radical (unpaired) electrons. The van der Waals surface area contributed by atoms with Gasteiger partial charge in [0.1, 0.15) is 17.2 Å². The first-order chi connectivity index (χ1) is 12.1. The van der Waals surface area contributed by atoms with Gasteiger partial charge in [-0.2, -0.15) is 0 Å². The molecule has 0 spiro atoms. The van der Waals surface area contributed by atoms with Crippen LogP contribution in [0.25, 0.3) is 11.0 Å². The molecule has 25 heavy (non-hydrogen) atoms. The van der Waals surface area contributed by atoms with Crippen molar-refractivity contribution in [3.8, 4) is 0 Å². The molecule has 4 rings (SSSR count). The van der Waals surface area contributed by atoms with E-state index in [9.17, 15) is 4.39 Å². The zero-order valence-electron chi connectivity index (χ0n) is 14.3. The third-order valence-corrected chi connectivity index (χ3v) is 5.89. The smallest absolute Gasteiger partial charge is 0.126 e. The Morgan fingerprint density at radius 1 is 1.12 bits per heavy atom. The lowest BCUT2D eigenvalue weighted by Crippen LogP contribution is -2.33. The van der Waals surface area contributed by atoms with Crippen LogP contribution in [0, 0.1) is 5.82 Å². The van der Waals surface area contributed by atoms with Crippen molar-refractivity contribution >= 4 is 27.0 Å². The minimum atomic E-state index is -0.0684. The van der Waals surface area contributed by atoms with Gasteiger partial charge in [-0.1, -0.05) is 24.3 Å². The molecular weight excluding hydrogens is 381 g/mol. The molecule has 2 aromatic carbocycles. The highest BCUT2D eigenvalue weighted by Crippen LogP contribution is 2.31. The number of para-hydroxylation sites is 1. The molecule has 1 aromatic heterocycles. The number of piperidine rings is 1. The molecule has 0 bridgehead atoms. The van der Waals surface area contributed by atoms with Crippen molar-refractivity contribution < 1.29 is 4.39 Å². The Labute approximate surface area is 155 Å². The molecule has 1 aliphatic heterocycles. The summed E-state index contributed by atoms with van der Waals surface area (Å²) in [5, 5.41) is 0. The van der Waals surface area contributed by atoms with Gasteiger partial charge in [-0.15, -0.1) is 0 Å². The monoisotopic (exact) mass is 401 g/mol. The largest absolute Gasteiger partial charge is 0.330 e. The summed E-state index contributed by atoms with van der Waals surface area (Å²) >= 11 is 3.59. The molecule has 1 saturated heterocycles. The minimum Gasteiger partial charge on any atom is -0.330 e. The van der Waals surface area contributed by atoms with Crippen molar-refractivity contribution in [3.05, 3.63) is 64.1 Å². The number of hydrogen-bond acceptors (Lipinski definition) is 2. The summed E-state index contributed by atoms with van der Waals surface area (Å²) in [7, 11) is 2.07. The maximum absolute atomic E-state index is 14.0. The van der Waals surface area contributed by atoms with Crippen molar-refractivity contribution in [3.63, 3.8) is 0 Å². The van der Waals surface area contributed by atoms with E-state index in [0.29, 0.717) is 5.92 Å². The van der Waals surface area contributed by atoms with Crippen LogP contribution in [0.15, 0.2) is 46.9 Å². The Bertz CT molecular complexity index is 897. The molecule has 130 valence electrons. The van der Waals surface area contributed by atoms with E-state index >= 15 is 0 Å². The first kappa shape index (κ1) is 16.7. The number of hydrogen-bond donors (Lipinski definition) is 0. The van der Waals surface area contributed by atoms with Crippen LogP contribution in [0.4, 0.5) is 4.39 Å². The molecule has 3 nitrogen and oxygen atoms in total. The number of rotatable bonds is 3. The molecule has 0 saturated carbocycles. The average Bonchev–Trinajstić information content (AvgIpc) is 2.94. The Morgan fingerprint density at radius 2 is 1.88 bits per heavy atom. The highest BCUT2D eigenvalue weighted by Gasteiger charge is 2.23. The van der Waals surface area contributed by atoms with Gasteiger partial charge in [-0.3, -0.25) is 4.90 Å². The second-order valence-corrected chi connectivity index (χ2v) is 7.62. The Morgan fingerprint density at radius 3 is 2.60 bits per heavy atom. The zero-order valence-corrected chi connectivity index (χ0v) is 15.8. The maximum atomic E-state index is 14.0. The van der Waals surface area contributed by atoms with Crippen LogP contribution in [-0.2, 0) is 13.6 Å². The minimum absolute atomic E-state index is 0.0684. The summed E-state index contributed by atoms with van der Waals surface area (Å²) in [5.41, 5.74) is 3.03. The fourth-order valence-corrected chi connectivity index (χ4v) is 4.22. The summed E-state index contributed by atoms with van der Waals surface area (Å²) in [5.74, 6) is 1.33. The third-order valence-electron chi connectivity index (χ3n) is 5.25. The number of imidazole rings is 1. The van der Waals surface area contributed by atoms with Crippen LogP contribution in [0.2, 0.25) is 0 Å². The predicted octanol–water partition coefficient (Wildman–Crippen LogP) is 4.85. The van der Waals surface area contributed by atoms with Gasteiger partial charge in [-0.25, -0.2) is 9.37 Å². The van der Waals surface area contributed by atoms with Crippen molar-refractivity contribution in [1.82, 2.24) is 14.5 Å². The van der Waals surface area contributed by atoms with Crippen molar-refractivity contribution in [1.29, 1.82) is 0 Å². The van der Waals surface area contributed by atoms with Crippen LogP contribution in [-0.4, -0.2) is 27.5 Å². The molecule has 2 heterocycles. The van der Waals surface area contributed by atoms with E-state index < -0.39 is 0 Å². The van der Waals surface area contributed by atoms with Crippen LogP contribution in [0.5, 0.6) is 0 Å². The van der Waals surface area contributed by atoms with E-state index in [2.05, 4.69) is 38.5 Å². The highest BCUT2D eigenvalue weighted by molar-refractivity contribution is 9.10. The Balaban J connectivity index is 1.46. The molecule has 3 aromatic rings. The summed E-state index contributed by atoms with van der Waals surface area (Å²) < 4.78 is 17.2. The van der Waals surface area contributed by atoms with Gasteiger partial charge in [0.2, 0.25) is 0 Å². The van der Waals surface area contributed by atoms with E-state index in [1.807, 2.05) is 24.3 Å². The summed E-state index contributed by atoms with van der Waals surface area (Å²) in [4.78, 5) is 7.23. The molecule has 0 N–H and O–H groups in total. The topological polar surface area (TPSA) is 21.1 Å². The number of fused-ring (bicyclic) bond motifs is 1. The lowest BCUT2D eigenvalue weighted by Gasteiger charge is -2.32. The Kier molecular flexibility index (Phi) is 4.61. The van der Waals surface area contributed by atoms with Gasteiger partial charge in [0.05, 0.1) is 12.1 Å². The van der Waals surface area contributed by atoms with Crippen LogP contribution in [0.1, 0.15) is 30.1 Å². The molecule has 5 heteroatoms. The molecular formula is C20H21BrFN3. The van der Waals surface area contributed by atoms with Crippen LogP contribution < -0.4 is 0 Å². The first-order valence-corrected chi connectivity index (χ1v) is 9.49. The van der Waals surface area contributed by atoms with Gasteiger partial charge in [0, 0.05) is 11.5 Å². The first-order valence-electron chi connectivity index (χ1n) is 8.70. The SMILES string of the molecule is Cn1c(CN2CCC(c3ccccc3F)CC2)nc2c(Br)cccc21. The summed E-state index contributed by atoms with van der Waals surface area (Å²) in [6.07, 6.45) is 1.99. The van der Waals surface area contributed by atoms with Gasteiger partial charge in [0.15, 0.2) is 0 Å². The maximum Gasteiger partial charge on any atom is 0.126 e.